The van der Waals surface area contributed by atoms with Crippen LogP contribution in [0.2, 0.25) is 0 Å². The zero-order valence-electron chi connectivity index (χ0n) is 13.3. The Labute approximate surface area is 139 Å². The zero-order valence-corrected chi connectivity index (χ0v) is 13.3. The van der Waals surface area contributed by atoms with Crippen LogP contribution in [-0.2, 0) is 5.41 Å². The minimum Gasteiger partial charge on any atom is -0.457 e. The van der Waals surface area contributed by atoms with Crippen LogP contribution in [0.15, 0.2) is 48.5 Å². The van der Waals surface area contributed by atoms with Crippen molar-refractivity contribution in [3.8, 4) is 11.5 Å². The molecule has 5 nitrogen and oxygen atoms in total. The lowest BCUT2D eigenvalue weighted by Crippen LogP contribution is -2.54. The number of ether oxygens (including phenoxy) is 1. The first-order valence-electron chi connectivity index (χ1n) is 7.69. The number of nitrogens with two attached hydrogens (primary N) is 1. The molecule has 1 aliphatic carbocycles. The fourth-order valence-electron chi connectivity index (χ4n) is 3.14. The number of hydrogen-bond acceptors (Lipinski definition) is 3. The number of carbonyl (C=O) groups is 1. The molecular formula is C18H19FN2O3. The Morgan fingerprint density at radius 1 is 1.25 bits per heavy atom. The van der Waals surface area contributed by atoms with Crippen LogP contribution in [0.5, 0.6) is 11.5 Å². The highest BCUT2D eigenvalue weighted by molar-refractivity contribution is 5.71. The third-order valence-corrected chi connectivity index (χ3v) is 4.52. The molecule has 1 saturated carbocycles. The Bertz CT molecular complexity index is 742. The molecule has 2 aromatic carbocycles. The summed E-state index contributed by atoms with van der Waals surface area (Å²) >= 11 is 0. The van der Waals surface area contributed by atoms with E-state index in [1.54, 1.807) is 12.1 Å². The van der Waals surface area contributed by atoms with Gasteiger partial charge in [0.25, 0.3) is 0 Å². The Balaban J connectivity index is 1.72. The number of hydrogen-bond donors (Lipinski definition) is 2. The predicted octanol–water partition coefficient (Wildman–Crippen LogP) is 3.81. The topological polar surface area (TPSA) is 75.8 Å². The van der Waals surface area contributed by atoms with E-state index in [-0.39, 0.29) is 17.3 Å². The molecular weight excluding hydrogens is 311 g/mol. The van der Waals surface area contributed by atoms with E-state index in [1.807, 2.05) is 24.3 Å². The van der Waals surface area contributed by atoms with Crippen molar-refractivity contribution in [1.82, 2.24) is 5.06 Å². The molecule has 3 N–H and O–H groups in total. The number of rotatable bonds is 4. The summed E-state index contributed by atoms with van der Waals surface area (Å²) in [4.78, 5) is 11.0. The molecule has 1 fully saturated rings. The number of carbonyl (C=O) groups excluding carboxylic acids is 1. The molecule has 0 heterocycles. The van der Waals surface area contributed by atoms with Gasteiger partial charge in [-0.05, 0) is 60.2 Å². The van der Waals surface area contributed by atoms with Crippen molar-refractivity contribution in [3.63, 3.8) is 0 Å². The lowest BCUT2D eigenvalue weighted by Gasteiger charge is -2.47. The maximum atomic E-state index is 12.9. The van der Waals surface area contributed by atoms with Crippen LogP contribution in [0.4, 0.5) is 9.18 Å². The minimum absolute atomic E-state index is 0.163. The molecule has 0 aliphatic heterocycles. The predicted molar refractivity (Wildman–Crippen MR) is 86.5 cm³/mol. The second kappa shape index (κ2) is 6.13. The number of benzene rings is 2. The van der Waals surface area contributed by atoms with Gasteiger partial charge in [0.15, 0.2) is 0 Å². The molecule has 0 aromatic heterocycles. The van der Waals surface area contributed by atoms with E-state index >= 15 is 0 Å². The van der Waals surface area contributed by atoms with E-state index < -0.39 is 6.03 Å². The number of urea groups is 1. The Morgan fingerprint density at radius 3 is 2.54 bits per heavy atom. The molecule has 0 atom stereocenters. The average molecular weight is 330 g/mol. The normalized spacial score (nSPS) is 22.5. The van der Waals surface area contributed by atoms with E-state index in [0.717, 1.165) is 5.56 Å². The highest BCUT2D eigenvalue weighted by Crippen LogP contribution is 2.46. The summed E-state index contributed by atoms with van der Waals surface area (Å²) in [5.74, 6) is 0.895. The van der Waals surface area contributed by atoms with E-state index in [4.69, 9.17) is 10.5 Å². The molecule has 0 unspecified atom stereocenters. The Kier molecular flexibility index (Phi) is 4.15. The summed E-state index contributed by atoms with van der Waals surface area (Å²) in [6.07, 6.45) is 1.24. The third-order valence-electron chi connectivity index (χ3n) is 4.52. The highest BCUT2D eigenvalue weighted by Gasteiger charge is 2.45. The van der Waals surface area contributed by atoms with E-state index in [0.29, 0.717) is 29.4 Å². The number of nitrogens with zero attached hydrogens (tertiary/aromatic N) is 1. The fourth-order valence-corrected chi connectivity index (χ4v) is 3.14. The monoisotopic (exact) mass is 330 g/mol. The van der Waals surface area contributed by atoms with Gasteiger partial charge in [-0.25, -0.2) is 14.2 Å². The zero-order chi connectivity index (χ0) is 17.3. The molecule has 0 saturated heterocycles. The molecule has 6 heteroatoms. The van der Waals surface area contributed by atoms with Crippen LogP contribution in [0.3, 0.4) is 0 Å². The van der Waals surface area contributed by atoms with Crippen LogP contribution >= 0.6 is 0 Å². The van der Waals surface area contributed by atoms with Crippen molar-refractivity contribution in [3.05, 3.63) is 59.9 Å². The molecule has 0 bridgehead atoms. The smallest absolute Gasteiger partial charge is 0.338 e. The van der Waals surface area contributed by atoms with Crippen LogP contribution < -0.4 is 10.5 Å². The van der Waals surface area contributed by atoms with Crippen molar-refractivity contribution < 1.29 is 19.1 Å². The highest BCUT2D eigenvalue weighted by atomic mass is 19.1. The van der Waals surface area contributed by atoms with Crippen molar-refractivity contribution in [2.75, 3.05) is 0 Å². The van der Waals surface area contributed by atoms with Gasteiger partial charge in [0.1, 0.15) is 17.3 Å². The van der Waals surface area contributed by atoms with Gasteiger partial charge in [0.05, 0.1) is 6.04 Å². The first kappa shape index (κ1) is 16.3. The maximum absolute atomic E-state index is 12.9. The lowest BCUT2D eigenvalue weighted by atomic mass is 9.63. The number of hydroxylamine groups is 2. The summed E-state index contributed by atoms with van der Waals surface area (Å²) in [5.41, 5.74) is 5.97. The molecule has 1 aliphatic rings. The van der Waals surface area contributed by atoms with Crippen LogP contribution in [0, 0.1) is 5.82 Å². The van der Waals surface area contributed by atoms with E-state index in [2.05, 4.69) is 6.92 Å². The van der Waals surface area contributed by atoms with Crippen molar-refractivity contribution in [1.29, 1.82) is 0 Å². The van der Waals surface area contributed by atoms with Gasteiger partial charge >= 0.3 is 6.03 Å². The van der Waals surface area contributed by atoms with Crippen molar-refractivity contribution in [2.45, 2.75) is 31.2 Å². The Morgan fingerprint density at radius 2 is 1.92 bits per heavy atom. The van der Waals surface area contributed by atoms with Crippen molar-refractivity contribution >= 4 is 6.03 Å². The number of halogens is 1. The summed E-state index contributed by atoms with van der Waals surface area (Å²) in [6.45, 7) is 2.06. The molecule has 126 valence electrons. The van der Waals surface area contributed by atoms with Gasteiger partial charge in [-0.3, -0.25) is 5.21 Å². The second-order valence-electron chi connectivity index (χ2n) is 6.39. The van der Waals surface area contributed by atoms with E-state index in [9.17, 15) is 14.4 Å². The summed E-state index contributed by atoms with van der Waals surface area (Å²) in [6, 6.07) is 12.3. The first-order chi connectivity index (χ1) is 11.4. The average Bonchev–Trinajstić information content (AvgIpc) is 2.53. The minimum atomic E-state index is -0.838. The summed E-state index contributed by atoms with van der Waals surface area (Å²) in [7, 11) is 0. The SMILES string of the molecule is CC1(c2cccc(Oc3ccc(F)cc3)c2)CC(N(O)C(N)=O)C1. The molecule has 24 heavy (non-hydrogen) atoms. The third kappa shape index (κ3) is 3.19. The fraction of sp³-hybridized carbons (Fsp3) is 0.278. The molecule has 2 aromatic rings. The van der Waals surface area contributed by atoms with E-state index in [1.165, 1.54) is 12.1 Å². The van der Waals surface area contributed by atoms with Crippen LogP contribution in [0.1, 0.15) is 25.3 Å². The van der Waals surface area contributed by atoms with Gasteiger partial charge in [-0.1, -0.05) is 19.1 Å². The lowest BCUT2D eigenvalue weighted by molar-refractivity contribution is -0.115. The quantitative estimate of drug-likeness (QED) is 0.661. The molecule has 0 spiro atoms. The number of primary amides is 1. The largest absolute Gasteiger partial charge is 0.457 e. The summed E-state index contributed by atoms with van der Waals surface area (Å²) < 4.78 is 18.7. The van der Waals surface area contributed by atoms with Crippen molar-refractivity contribution in [2.24, 2.45) is 5.73 Å². The molecule has 0 radical (unpaired) electrons. The Hall–Kier alpha value is -2.60. The molecule has 2 amide bonds. The standard InChI is InChI=1S/C18H19FN2O3/c1-18(10-14(11-18)21(23)17(20)22)12-3-2-4-16(9-12)24-15-7-5-13(19)6-8-15/h2-9,14,23H,10-11H2,1H3,(H2,20,22). The second-order valence-corrected chi connectivity index (χ2v) is 6.39. The summed E-state index contributed by atoms with van der Waals surface area (Å²) in [5, 5.41) is 10.2. The first-order valence-corrected chi connectivity index (χ1v) is 7.69. The van der Waals surface area contributed by atoms with Crippen LogP contribution in [-0.4, -0.2) is 22.3 Å². The molecule has 3 rings (SSSR count). The van der Waals surface area contributed by atoms with Gasteiger partial charge < -0.3 is 10.5 Å². The van der Waals surface area contributed by atoms with Crippen LogP contribution in [0.25, 0.3) is 0 Å². The van der Waals surface area contributed by atoms with Gasteiger partial charge in [-0.15, -0.1) is 0 Å². The maximum Gasteiger partial charge on any atom is 0.338 e. The number of amides is 2. The van der Waals surface area contributed by atoms with Gasteiger partial charge in [0.2, 0.25) is 0 Å². The van der Waals surface area contributed by atoms with Gasteiger partial charge in [0, 0.05) is 0 Å². The van der Waals surface area contributed by atoms with Gasteiger partial charge in [-0.2, -0.15) is 0 Å².